The second kappa shape index (κ2) is 14.4. The Morgan fingerprint density at radius 2 is 0.857 bits per heavy atom. The minimum Gasteiger partial charge on any atom is -0.394 e. The number of hydrogen-bond donors (Lipinski definition) is 13. The third-order valence-corrected chi connectivity index (χ3v) is 8.46. The molecule has 3 aliphatic rings. The molecule has 0 radical (unpaired) electrons. The minimum atomic E-state index is -5.48. The summed E-state index contributed by atoms with van der Waals surface area (Å²) in [4.78, 5) is 20.3. The quantitative estimate of drug-likeness (QED) is 0.0912. The highest BCUT2D eigenvalue weighted by Crippen LogP contribution is 2.52. The molecule has 22 nitrogen and oxygen atoms in total. The van der Waals surface area contributed by atoms with Crippen molar-refractivity contribution in [1.82, 2.24) is 0 Å². The molecule has 0 saturated carbocycles. The average Bonchev–Trinajstić information content (AvgIpc) is 2.92. The van der Waals surface area contributed by atoms with Crippen LogP contribution in [0.1, 0.15) is 0 Å². The highest BCUT2D eigenvalue weighted by Gasteiger charge is 2.54. The number of ether oxygens (including phenoxy) is 3. The van der Waals surface area contributed by atoms with E-state index in [4.69, 9.17) is 23.3 Å². The number of phosphoric ester groups is 2. The van der Waals surface area contributed by atoms with Crippen molar-refractivity contribution in [1.29, 1.82) is 0 Å². The molecule has 0 aliphatic carbocycles. The first-order valence-corrected chi connectivity index (χ1v) is 15.1. The maximum atomic E-state index is 12.6. The van der Waals surface area contributed by atoms with Gasteiger partial charge in [0.2, 0.25) is 0 Å². The van der Waals surface area contributed by atoms with Gasteiger partial charge in [0, 0.05) is 0 Å². The molecule has 0 amide bonds. The SMILES string of the molecule is O=P(O)(O[C@H]1O[C@H](CO)[C@@H](O)[C@H](O)[C@H]1O)O[C@H]1[C@H](O)[C@@H](O)[C@@H](OP(=O)(O)O[C@H]2[C@H](O)[C@@H](O)C(O)O[C@@H]2CO)O[C@@H]1CO. The Bertz CT molecular complexity index is 968. The monoisotopic (exact) mass is 664 g/mol. The van der Waals surface area contributed by atoms with Crippen molar-refractivity contribution in [3.8, 4) is 0 Å². The summed E-state index contributed by atoms with van der Waals surface area (Å²) in [6.07, 6.45) is -30.6. The Kier molecular flexibility index (Phi) is 12.4. The molecule has 0 aromatic rings. The van der Waals surface area contributed by atoms with E-state index in [1.165, 1.54) is 0 Å². The molecule has 42 heavy (non-hydrogen) atoms. The van der Waals surface area contributed by atoms with Crippen LogP contribution in [0, 0.1) is 0 Å². The molecule has 3 aliphatic heterocycles. The lowest BCUT2D eigenvalue weighted by Crippen LogP contribution is -2.60. The first-order chi connectivity index (χ1) is 19.5. The third-order valence-electron chi connectivity index (χ3n) is 6.49. The van der Waals surface area contributed by atoms with Crippen molar-refractivity contribution in [3.05, 3.63) is 0 Å². The van der Waals surface area contributed by atoms with Crippen molar-refractivity contribution in [2.24, 2.45) is 0 Å². The molecule has 3 heterocycles. The van der Waals surface area contributed by atoms with E-state index in [1.807, 2.05) is 0 Å². The van der Waals surface area contributed by atoms with Gasteiger partial charge in [0.15, 0.2) is 18.9 Å². The predicted molar refractivity (Wildman–Crippen MR) is 123 cm³/mol. The normalized spacial score (nSPS) is 47.9. The van der Waals surface area contributed by atoms with E-state index < -0.39 is 128 Å². The number of aliphatic hydroxyl groups excluding tert-OH is 11. The van der Waals surface area contributed by atoms with Crippen LogP contribution in [-0.2, 0) is 41.4 Å². The van der Waals surface area contributed by atoms with Crippen LogP contribution in [-0.4, -0.2) is 178 Å². The molecule has 13 N–H and O–H groups in total. The Labute approximate surface area is 235 Å². The molecule has 3 saturated heterocycles. The van der Waals surface area contributed by atoms with Gasteiger partial charge in [0.25, 0.3) is 0 Å². The molecular weight excluding hydrogens is 630 g/mol. The molecular formula is C18H34O22P2. The topological polar surface area (TPSA) is 362 Å². The smallest absolute Gasteiger partial charge is 0.394 e. The maximum Gasteiger partial charge on any atom is 0.475 e. The fourth-order valence-electron chi connectivity index (χ4n) is 4.24. The maximum absolute atomic E-state index is 12.6. The van der Waals surface area contributed by atoms with Crippen LogP contribution in [0.4, 0.5) is 0 Å². The summed E-state index contributed by atoms with van der Waals surface area (Å²) in [5.74, 6) is 0. The number of phosphoric acid groups is 2. The van der Waals surface area contributed by atoms with E-state index in [0.29, 0.717) is 0 Å². The first-order valence-electron chi connectivity index (χ1n) is 12.1. The first kappa shape index (κ1) is 36.1. The van der Waals surface area contributed by atoms with Gasteiger partial charge in [-0.3, -0.25) is 18.1 Å². The molecule has 3 rings (SSSR count). The molecule has 248 valence electrons. The van der Waals surface area contributed by atoms with E-state index in [1.54, 1.807) is 0 Å². The lowest BCUT2D eigenvalue weighted by Gasteiger charge is -2.43. The Hall–Kier alpha value is -0.340. The molecule has 0 bridgehead atoms. The van der Waals surface area contributed by atoms with Crippen molar-refractivity contribution < 1.29 is 107 Å². The van der Waals surface area contributed by atoms with E-state index >= 15 is 0 Å². The fourth-order valence-corrected chi connectivity index (χ4v) is 6.35. The third kappa shape index (κ3) is 8.08. The zero-order valence-electron chi connectivity index (χ0n) is 21.2. The number of aliphatic hydroxyl groups is 11. The van der Waals surface area contributed by atoms with Crippen LogP contribution in [0.25, 0.3) is 0 Å². The van der Waals surface area contributed by atoms with Crippen molar-refractivity contribution in [2.75, 3.05) is 19.8 Å². The summed E-state index contributed by atoms with van der Waals surface area (Å²) in [6, 6.07) is 0. The van der Waals surface area contributed by atoms with Crippen molar-refractivity contribution >= 4 is 15.6 Å². The molecule has 0 spiro atoms. The highest BCUT2D eigenvalue weighted by atomic mass is 31.2. The lowest BCUT2D eigenvalue weighted by atomic mass is 9.99. The molecule has 17 atom stereocenters. The Balaban J connectivity index is 1.68. The molecule has 24 heteroatoms. The Morgan fingerprint density at radius 3 is 1.31 bits per heavy atom. The molecule has 3 fully saturated rings. The van der Waals surface area contributed by atoms with Gasteiger partial charge in [-0.15, -0.1) is 0 Å². The van der Waals surface area contributed by atoms with E-state index in [-0.39, 0.29) is 0 Å². The van der Waals surface area contributed by atoms with Crippen molar-refractivity contribution in [2.45, 2.75) is 92.1 Å². The van der Waals surface area contributed by atoms with Crippen LogP contribution < -0.4 is 0 Å². The zero-order chi connectivity index (χ0) is 31.7. The van der Waals surface area contributed by atoms with Gasteiger partial charge >= 0.3 is 15.6 Å². The highest BCUT2D eigenvalue weighted by molar-refractivity contribution is 7.47. The van der Waals surface area contributed by atoms with Crippen LogP contribution >= 0.6 is 15.6 Å². The molecule has 0 aromatic carbocycles. The summed E-state index contributed by atoms with van der Waals surface area (Å²) < 4.78 is 58.8. The predicted octanol–water partition coefficient (Wildman–Crippen LogP) is -7.34. The van der Waals surface area contributed by atoms with Crippen LogP contribution in [0.5, 0.6) is 0 Å². The van der Waals surface area contributed by atoms with Gasteiger partial charge in [0.05, 0.1) is 19.8 Å². The summed E-state index contributed by atoms with van der Waals surface area (Å²) in [7, 11) is -11.0. The summed E-state index contributed by atoms with van der Waals surface area (Å²) >= 11 is 0. The number of rotatable bonds is 11. The Morgan fingerprint density at radius 1 is 0.476 bits per heavy atom. The van der Waals surface area contributed by atoms with Crippen LogP contribution in [0.3, 0.4) is 0 Å². The van der Waals surface area contributed by atoms with Crippen LogP contribution in [0.15, 0.2) is 0 Å². The van der Waals surface area contributed by atoms with E-state index in [9.17, 15) is 75.1 Å². The van der Waals surface area contributed by atoms with Gasteiger partial charge in [-0.25, -0.2) is 9.13 Å². The second-order valence-corrected chi connectivity index (χ2v) is 12.1. The lowest BCUT2D eigenvalue weighted by molar-refractivity contribution is -0.296. The van der Waals surface area contributed by atoms with Gasteiger partial charge in [-0.05, 0) is 0 Å². The van der Waals surface area contributed by atoms with Crippen LogP contribution in [0.2, 0.25) is 0 Å². The average molecular weight is 664 g/mol. The standard InChI is InChI=1S/C18H34O22P2/c19-1-4-7(22)8(23)12(27)17(35-4)39-42(32,33)38-15-6(3-21)36-18(13(28)10(15)25)40-41(30,31)37-14-5(2-20)34-16(29)11(26)9(14)24/h4-29H,1-3H2,(H,30,31)(H,32,33)/t4-,5-,6-,7-,8+,9-,10-,11-,12-,13-,14-,15-,16?,17-,18-/m1/s1. The minimum absolute atomic E-state index is 0.912. The fraction of sp³-hybridized carbons (Fsp3) is 1.00. The van der Waals surface area contributed by atoms with E-state index in [2.05, 4.69) is 9.05 Å². The van der Waals surface area contributed by atoms with Gasteiger partial charge in [0.1, 0.15) is 73.2 Å². The zero-order valence-corrected chi connectivity index (χ0v) is 23.0. The van der Waals surface area contributed by atoms with E-state index in [0.717, 1.165) is 0 Å². The number of hydrogen-bond acceptors (Lipinski definition) is 20. The molecule has 3 unspecified atom stereocenters. The van der Waals surface area contributed by atoms with Gasteiger partial charge < -0.3 is 80.2 Å². The largest absolute Gasteiger partial charge is 0.475 e. The van der Waals surface area contributed by atoms with Gasteiger partial charge in [-0.1, -0.05) is 0 Å². The second-order valence-electron chi connectivity index (χ2n) is 9.42. The summed E-state index contributed by atoms with van der Waals surface area (Å²) in [6.45, 7) is -3.05. The summed E-state index contributed by atoms with van der Waals surface area (Å²) in [5.41, 5.74) is 0. The van der Waals surface area contributed by atoms with Gasteiger partial charge in [-0.2, -0.15) is 0 Å². The van der Waals surface area contributed by atoms with Crippen molar-refractivity contribution in [3.63, 3.8) is 0 Å². The summed E-state index contributed by atoms with van der Waals surface area (Å²) in [5, 5.41) is 108. The molecule has 0 aromatic heterocycles.